The molecule has 0 heterocycles. The van der Waals surface area contributed by atoms with Crippen LogP contribution in [0.5, 0.6) is 0 Å². The van der Waals surface area contributed by atoms with Crippen molar-refractivity contribution < 1.29 is 75.0 Å². The van der Waals surface area contributed by atoms with Gasteiger partial charge in [-0.05, 0) is 102 Å². The van der Waals surface area contributed by atoms with Gasteiger partial charge in [-0.1, -0.05) is 7.43 Å². The van der Waals surface area contributed by atoms with Crippen molar-refractivity contribution in [2.45, 2.75) is 142 Å². The van der Waals surface area contributed by atoms with Crippen LogP contribution >= 0.6 is 0 Å². The Balaban J connectivity index is -0.000000117. The highest BCUT2D eigenvalue weighted by molar-refractivity contribution is 6.61. The number of nitrogens with two attached hydrogens (primary N) is 1. The molecular weight excluding hydrogens is 811 g/mol. The normalized spacial score (nSPS) is 10.5. The number of rotatable bonds is 28. The van der Waals surface area contributed by atoms with Gasteiger partial charge >= 0.3 is 26.4 Å². The maximum absolute atomic E-state index is 10.8. The number of aliphatic carboxylic acids is 2. The molecule has 21 heteroatoms. The molecule has 0 aliphatic heterocycles. The third-order valence-corrected chi connectivity index (χ3v) is 15.2. The second-order valence-corrected chi connectivity index (χ2v) is 19.5. The van der Waals surface area contributed by atoms with E-state index in [0.29, 0.717) is 72.6 Å². The number of carboxylic acid groups (broad SMARTS) is 2. The van der Waals surface area contributed by atoms with Gasteiger partial charge in [-0.25, -0.2) is 0 Å². The smallest absolute Gasteiger partial charge is 0.501 e. The van der Waals surface area contributed by atoms with Gasteiger partial charge < -0.3 is 76.4 Å². The molecule has 18 nitrogen and oxygen atoms in total. The van der Waals surface area contributed by atoms with Gasteiger partial charge in [-0.3, -0.25) is 9.59 Å². The third-order valence-electron chi connectivity index (χ3n) is 5.73. The second kappa shape index (κ2) is 51.4. The number of carbonyl (C=O) groups is 4. The van der Waals surface area contributed by atoms with E-state index in [0.717, 1.165) is 57.8 Å². The van der Waals surface area contributed by atoms with Crippen molar-refractivity contribution in [2.75, 3.05) is 79.1 Å². The van der Waals surface area contributed by atoms with Crippen LogP contribution in [0.3, 0.4) is 0 Å². The first-order valence-corrected chi connectivity index (χ1v) is 25.9. The van der Waals surface area contributed by atoms with Gasteiger partial charge in [0.15, 0.2) is 0 Å². The molecule has 0 radical (unpaired) electrons. The molecule has 58 heavy (non-hydrogen) atoms. The zero-order valence-electron chi connectivity index (χ0n) is 38.2. The number of carboxylic acids is 2. The predicted molar refractivity (Wildman–Crippen MR) is 233 cm³/mol. The minimum absolute atomic E-state index is 0. The number of hydrogen-bond acceptors (Lipinski definition) is 15. The molecule has 0 saturated heterocycles. The molecule has 1 amide bonds. The highest BCUT2D eigenvalue weighted by atomic mass is 28.4. The minimum Gasteiger partial charge on any atom is -0.550 e. The molecule has 0 bridgehead atoms. The van der Waals surface area contributed by atoms with Crippen LogP contribution in [0, 0.1) is 0 Å². The van der Waals surface area contributed by atoms with Crippen LogP contribution in [0.25, 0.3) is 0 Å². The van der Waals surface area contributed by atoms with Crippen molar-refractivity contribution in [2.24, 2.45) is 5.73 Å². The van der Waals surface area contributed by atoms with Crippen molar-refractivity contribution in [3.63, 3.8) is 0 Å². The highest BCUT2D eigenvalue weighted by Crippen LogP contribution is 2.19. The Labute approximate surface area is 356 Å². The lowest BCUT2D eigenvalue weighted by Crippen LogP contribution is -2.52. The molecule has 0 atom stereocenters. The van der Waals surface area contributed by atoms with Gasteiger partial charge in [0, 0.05) is 110 Å². The van der Waals surface area contributed by atoms with Crippen LogP contribution in [-0.2, 0) is 59.0 Å². The van der Waals surface area contributed by atoms with Crippen LogP contribution in [0.15, 0.2) is 0 Å². The van der Waals surface area contributed by atoms with Crippen molar-refractivity contribution in [3.05, 3.63) is 0 Å². The summed E-state index contributed by atoms with van der Waals surface area (Å²) < 4.78 is 51.1. The Bertz CT molecular complexity index is 793. The maximum Gasteiger partial charge on any atom is 0.501 e. The molecule has 0 fully saturated rings. The lowest BCUT2D eigenvalue weighted by Gasteiger charge is -2.28. The summed E-state index contributed by atoms with van der Waals surface area (Å²) in [5.41, 5.74) is 9.30. The van der Waals surface area contributed by atoms with E-state index in [-0.39, 0.29) is 19.1 Å². The fraction of sp³-hybridized carbons (Fsp3) is 0.892. The second-order valence-electron chi connectivity index (χ2n) is 11.3. The monoisotopic (exact) mass is 900 g/mol. The molecule has 7 N–H and O–H groups in total. The number of amides is 1. The van der Waals surface area contributed by atoms with Gasteiger partial charge in [0.25, 0.3) is 5.97 Å². The zero-order valence-corrected chi connectivity index (χ0v) is 41.2. The Morgan fingerprint density at radius 2 is 0.759 bits per heavy atom. The fourth-order valence-electron chi connectivity index (χ4n) is 4.23. The minimum atomic E-state index is -2.52. The first kappa shape index (κ1) is 70.8. The first-order chi connectivity index (χ1) is 26.8. The SMILES string of the molecule is C.CC(=O)O.CC(=O)[O-].CC(C)=O.CCO[Si](CCCN)(OCC)OCC.CCO[Si](CCCNC(C)=O)(OCC)OCC.CCO[Si](CCC[NH3+])(OCC)OCC. The standard InChI is InChI=1S/C11H25NO4Si.2C9H23NO3Si.C3H6O.2C2H4O2.CH4/c1-5-14-17(15-6-2,16-7-3)10-8-9-12-11(4)13;2*1-4-11-14(12-5-2,13-6-3)9-7-8-10;1-3(2)4;2*1-2(3)4;/h5-10H2,1-4H3,(H,12,13);2*4-10H2,1-3H3;1-2H3;2*1H3,(H,3,4);1H4. The van der Waals surface area contributed by atoms with Gasteiger partial charge in [-0.15, -0.1) is 0 Å². The summed E-state index contributed by atoms with van der Waals surface area (Å²) in [5.74, 6) is -1.76. The highest BCUT2D eigenvalue weighted by Gasteiger charge is 2.41. The summed E-state index contributed by atoms with van der Waals surface area (Å²) in [5, 5.41) is 19.1. The Hall–Kier alpha value is -1.71. The van der Waals surface area contributed by atoms with Crippen molar-refractivity contribution >= 4 is 50.0 Å². The van der Waals surface area contributed by atoms with Gasteiger partial charge in [0.05, 0.1) is 6.54 Å². The number of hydrogen-bond donors (Lipinski definition) is 4. The number of quaternary nitrogens is 1. The summed E-state index contributed by atoms with van der Waals surface area (Å²) in [4.78, 5) is 38.1. The summed E-state index contributed by atoms with van der Waals surface area (Å²) >= 11 is 0. The van der Waals surface area contributed by atoms with E-state index in [2.05, 4.69) is 11.1 Å². The number of nitrogens with one attached hydrogen (secondary N) is 1. The molecule has 0 aliphatic carbocycles. The lowest BCUT2D eigenvalue weighted by molar-refractivity contribution is -0.367. The summed E-state index contributed by atoms with van der Waals surface area (Å²) in [7, 11) is -7.27. The topological polar surface area (TPSA) is 260 Å². The summed E-state index contributed by atoms with van der Waals surface area (Å²) in [6.45, 7) is 32.1. The molecule has 0 aromatic heterocycles. The van der Waals surface area contributed by atoms with E-state index in [1.54, 1.807) is 0 Å². The lowest BCUT2D eigenvalue weighted by atomic mass is 10.5. The summed E-state index contributed by atoms with van der Waals surface area (Å²) in [6.07, 6.45) is 2.71. The third kappa shape index (κ3) is 56.4. The van der Waals surface area contributed by atoms with Crippen molar-refractivity contribution in [3.8, 4) is 0 Å². The Morgan fingerprint density at radius 1 is 0.552 bits per heavy atom. The molecule has 0 spiro atoms. The van der Waals surface area contributed by atoms with Gasteiger partial charge in [0.1, 0.15) is 5.78 Å². The Morgan fingerprint density at radius 3 is 0.931 bits per heavy atom. The van der Waals surface area contributed by atoms with Crippen LogP contribution in [0.4, 0.5) is 0 Å². The van der Waals surface area contributed by atoms with Crippen LogP contribution in [-0.4, -0.2) is 134 Å². The van der Waals surface area contributed by atoms with Gasteiger partial charge in [-0.2, -0.15) is 0 Å². The number of ketones is 1. The van der Waals surface area contributed by atoms with E-state index < -0.39 is 38.4 Å². The van der Waals surface area contributed by atoms with Crippen LogP contribution < -0.4 is 21.9 Å². The largest absolute Gasteiger partial charge is 0.550 e. The molecule has 0 aliphatic rings. The van der Waals surface area contributed by atoms with E-state index in [1.165, 1.54) is 20.8 Å². The molecule has 0 aromatic carbocycles. The maximum atomic E-state index is 10.8. The van der Waals surface area contributed by atoms with E-state index in [4.69, 9.17) is 65.4 Å². The fourth-order valence-corrected chi connectivity index (χ4v) is 12.2. The van der Waals surface area contributed by atoms with Crippen LogP contribution in [0.1, 0.15) is 124 Å². The van der Waals surface area contributed by atoms with Crippen molar-refractivity contribution in [1.82, 2.24) is 5.32 Å². The average Bonchev–Trinajstić information content (AvgIpc) is 3.09. The Kier molecular flexibility index (Phi) is 62.8. The molecule has 0 aromatic rings. The molecule has 0 saturated carbocycles. The predicted octanol–water partition coefficient (Wildman–Crippen LogP) is 3.69. The number of carbonyl (C=O) groups excluding carboxylic acids is 3. The molecule has 0 unspecified atom stereocenters. The molecule has 0 rings (SSSR count). The van der Waals surface area contributed by atoms with E-state index in [9.17, 15) is 9.59 Å². The van der Waals surface area contributed by atoms with E-state index >= 15 is 0 Å². The van der Waals surface area contributed by atoms with Crippen LogP contribution in [0.2, 0.25) is 18.1 Å². The molecular formula is C37H89N3O15Si3. The average molecular weight is 900 g/mol. The first-order valence-electron chi connectivity index (χ1n) is 20.1. The van der Waals surface area contributed by atoms with Crippen molar-refractivity contribution in [1.29, 1.82) is 0 Å². The quantitative estimate of drug-likeness (QED) is 0.0645. The zero-order chi connectivity index (χ0) is 45.6. The molecule has 354 valence electrons. The van der Waals surface area contributed by atoms with Gasteiger partial charge in [0.2, 0.25) is 5.91 Å². The van der Waals surface area contributed by atoms with E-state index in [1.807, 2.05) is 62.3 Å². The number of Topliss-reactive ketones (excluding diaryl/α,β-unsaturated/α-hetero) is 1. The summed E-state index contributed by atoms with van der Waals surface area (Å²) in [6, 6.07) is 2.44.